The van der Waals surface area contributed by atoms with Crippen LogP contribution < -0.4 is 0 Å². The molecule has 0 atom stereocenters. The van der Waals surface area contributed by atoms with Gasteiger partial charge in [0.1, 0.15) is 10.8 Å². The number of ether oxygens (including phenoxy) is 2. The highest BCUT2D eigenvalue weighted by Gasteiger charge is 2.57. The van der Waals surface area contributed by atoms with E-state index in [-0.39, 0.29) is 18.7 Å². The second-order valence-electron chi connectivity index (χ2n) is 3.91. The fourth-order valence-electron chi connectivity index (χ4n) is 2.25. The van der Waals surface area contributed by atoms with Crippen LogP contribution >= 0.6 is 0 Å². The van der Waals surface area contributed by atoms with Crippen LogP contribution in [0, 0.1) is 10.8 Å². The number of carbonyl (C=O) groups excluding carboxylic acids is 2. The van der Waals surface area contributed by atoms with E-state index >= 15 is 0 Å². The monoisotopic (exact) mass is 192 g/mol. The van der Waals surface area contributed by atoms with Crippen LogP contribution in [0.15, 0.2) is 24.3 Å². The Kier molecular flexibility index (Phi) is 1.16. The molecule has 0 aromatic carbocycles. The molecule has 1 fully saturated rings. The molecule has 1 saturated heterocycles. The summed E-state index contributed by atoms with van der Waals surface area (Å²) in [4.78, 5) is 23.2. The van der Waals surface area contributed by atoms with E-state index in [2.05, 4.69) is 0 Å². The third kappa shape index (κ3) is 0.697. The Morgan fingerprint density at radius 1 is 0.929 bits per heavy atom. The Labute approximate surface area is 80.2 Å². The van der Waals surface area contributed by atoms with Crippen molar-refractivity contribution in [3.8, 4) is 0 Å². The molecule has 0 radical (unpaired) electrons. The van der Waals surface area contributed by atoms with Crippen LogP contribution in [-0.2, 0) is 19.1 Å². The number of rotatable bonds is 0. The molecular weight excluding hydrogens is 184 g/mol. The zero-order valence-electron chi connectivity index (χ0n) is 7.36. The molecule has 4 nitrogen and oxygen atoms in total. The zero-order chi connectivity index (χ0) is 9.81. The molecular formula is C10H8O4. The summed E-state index contributed by atoms with van der Waals surface area (Å²) >= 11 is 0. The number of cyclic esters (lactones) is 2. The van der Waals surface area contributed by atoms with Crippen LogP contribution in [-0.4, -0.2) is 18.7 Å². The van der Waals surface area contributed by atoms with Gasteiger partial charge in [0.05, 0.1) is 0 Å². The SMILES string of the molecule is O=C1OCOC(=O)C23C=CC1(C=C2)C3. The van der Waals surface area contributed by atoms with Gasteiger partial charge in [0.15, 0.2) is 0 Å². The maximum atomic E-state index is 11.6. The van der Waals surface area contributed by atoms with Crippen LogP contribution in [0.4, 0.5) is 0 Å². The van der Waals surface area contributed by atoms with Gasteiger partial charge in [0.2, 0.25) is 6.79 Å². The lowest BCUT2D eigenvalue weighted by Crippen LogP contribution is -2.34. The lowest BCUT2D eigenvalue weighted by atomic mass is 9.86. The summed E-state index contributed by atoms with van der Waals surface area (Å²) < 4.78 is 9.63. The first kappa shape index (κ1) is 7.79. The lowest BCUT2D eigenvalue weighted by molar-refractivity contribution is -0.179. The average Bonchev–Trinajstić information content (AvgIpc) is 2.75. The minimum Gasteiger partial charge on any atom is -0.427 e. The van der Waals surface area contributed by atoms with Gasteiger partial charge < -0.3 is 9.47 Å². The smallest absolute Gasteiger partial charge is 0.322 e. The van der Waals surface area contributed by atoms with Gasteiger partial charge in [-0.05, 0) is 6.42 Å². The van der Waals surface area contributed by atoms with Gasteiger partial charge >= 0.3 is 11.9 Å². The van der Waals surface area contributed by atoms with Crippen molar-refractivity contribution < 1.29 is 19.1 Å². The lowest BCUT2D eigenvalue weighted by Gasteiger charge is -2.24. The molecule has 1 aliphatic heterocycles. The fraction of sp³-hybridized carbons (Fsp3) is 0.400. The molecule has 0 aromatic heterocycles. The molecule has 0 unspecified atom stereocenters. The van der Waals surface area contributed by atoms with Crippen molar-refractivity contribution in [2.45, 2.75) is 6.42 Å². The predicted octanol–water partition coefficient (Wildman–Crippen LogP) is 0.546. The van der Waals surface area contributed by atoms with Gasteiger partial charge in [0, 0.05) is 0 Å². The molecule has 0 saturated carbocycles. The molecule has 2 aliphatic carbocycles. The van der Waals surface area contributed by atoms with Gasteiger partial charge in [-0.3, -0.25) is 9.59 Å². The maximum Gasteiger partial charge on any atom is 0.322 e. The predicted molar refractivity (Wildman–Crippen MR) is 44.8 cm³/mol. The summed E-state index contributed by atoms with van der Waals surface area (Å²) in [7, 11) is 0. The molecule has 3 aliphatic rings. The molecule has 14 heavy (non-hydrogen) atoms. The molecule has 72 valence electrons. The molecule has 1 heterocycles. The largest absolute Gasteiger partial charge is 0.427 e. The Morgan fingerprint density at radius 3 is 1.79 bits per heavy atom. The van der Waals surface area contributed by atoms with Gasteiger partial charge in [-0.15, -0.1) is 0 Å². The topological polar surface area (TPSA) is 52.6 Å². The molecule has 0 aromatic rings. The van der Waals surface area contributed by atoms with Gasteiger partial charge in [-0.1, -0.05) is 24.3 Å². The van der Waals surface area contributed by atoms with Crippen LogP contribution in [0.25, 0.3) is 0 Å². The van der Waals surface area contributed by atoms with Crippen molar-refractivity contribution in [1.29, 1.82) is 0 Å². The van der Waals surface area contributed by atoms with Crippen molar-refractivity contribution in [3.05, 3.63) is 24.3 Å². The number of hydrogen-bond acceptors (Lipinski definition) is 4. The van der Waals surface area contributed by atoms with E-state index in [0.29, 0.717) is 6.42 Å². The first-order valence-electron chi connectivity index (χ1n) is 4.42. The second kappa shape index (κ2) is 2.08. The number of hydrogen-bond donors (Lipinski definition) is 0. The van der Waals surface area contributed by atoms with Gasteiger partial charge in [0.25, 0.3) is 0 Å². The maximum absolute atomic E-state index is 11.6. The molecule has 4 heteroatoms. The van der Waals surface area contributed by atoms with E-state index in [1.165, 1.54) is 0 Å². The molecule has 0 N–H and O–H groups in total. The van der Waals surface area contributed by atoms with E-state index in [0.717, 1.165) is 0 Å². The van der Waals surface area contributed by atoms with E-state index in [9.17, 15) is 9.59 Å². The summed E-state index contributed by atoms with van der Waals surface area (Å²) in [5.74, 6) is -0.672. The highest BCUT2D eigenvalue weighted by molar-refractivity contribution is 5.92. The first-order valence-corrected chi connectivity index (χ1v) is 4.42. The molecule has 3 rings (SSSR count). The Bertz CT molecular complexity index is 343. The zero-order valence-corrected chi connectivity index (χ0v) is 7.36. The van der Waals surface area contributed by atoms with E-state index in [1.807, 2.05) is 0 Å². The third-order valence-corrected chi connectivity index (χ3v) is 3.08. The molecule has 2 bridgehead atoms. The van der Waals surface area contributed by atoms with Crippen molar-refractivity contribution in [2.75, 3.05) is 6.79 Å². The standard InChI is InChI=1S/C10H8O4/c11-7-9-1-2-10(5-9,4-3-9)8(12)14-6-13-7/h1-4H,5-6H2. The Morgan fingerprint density at radius 2 is 1.36 bits per heavy atom. The summed E-state index contributed by atoms with van der Waals surface area (Å²) in [6.45, 7) is -0.273. The summed E-state index contributed by atoms with van der Waals surface area (Å²) in [6, 6.07) is 0. The summed E-state index contributed by atoms with van der Waals surface area (Å²) in [6.07, 6.45) is 7.38. The van der Waals surface area contributed by atoms with Crippen molar-refractivity contribution >= 4 is 11.9 Å². The van der Waals surface area contributed by atoms with Crippen LogP contribution in [0.2, 0.25) is 0 Å². The first-order chi connectivity index (χ1) is 6.67. The number of esters is 2. The highest BCUT2D eigenvalue weighted by Crippen LogP contribution is 2.53. The van der Waals surface area contributed by atoms with Gasteiger partial charge in [-0.2, -0.15) is 0 Å². The summed E-state index contributed by atoms with van der Waals surface area (Å²) in [5, 5.41) is 0. The fourth-order valence-corrected chi connectivity index (χ4v) is 2.25. The Hall–Kier alpha value is -1.58. The normalized spacial score (nSPS) is 43.1. The van der Waals surface area contributed by atoms with Crippen LogP contribution in [0.5, 0.6) is 0 Å². The second-order valence-corrected chi connectivity index (χ2v) is 3.91. The molecule has 0 spiro atoms. The van der Waals surface area contributed by atoms with Crippen molar-refractivity contribution in [3.63, 3.8) is 0 Å². The quantitative estimate of drug-likeness (QED) is 0.415. The Balaban J connectivity index is 2.14. The molecule has 0 amide bonds. The van der Waals surface area contributed by atoms with Crippen molar-refractivity contribution in [1.82, 2.24) is 0 Å². The van der Waals surface area contributed by atoms with E-state index in [4.69, 9.17) is 9.47 Å². The van der Waals surface area contributed by atoms with Gasteiger partial charge in [-0.25, -0.2) is 0 Å². The number of carbonyl (C=O) groups is 2. The van der Waals surface area contributed by atoms with E-state index < -0.39 is 10.8 Å². The van der Waals surface area contributed by atoms with Crippen LogP contribution in [0.3, 0.4) is 0 Å². The minimum absolute atomic E-state index is 0.273. The van der Waals surface area contributed by atoms with Crippen molar-refractivity contribution in [2.24, 2.45) is 10.8 Å². The summed E-state index contributed by atoms with van der Waals surface area (Å²) in [5.41, 5.74) is -1.42. The van der Waals surface area contributed by atoms with E-state index in [1.54, 1.807) is 24.3 Å². The third-order valence-electron chi connectivity index (χ3n) is 3.08. The average molecular weight is 192 g/mol. The van der Waals surface area contributed by atoms with Crippen LogP contribution in [0.1, 0.15) is 6.42 Å². The highest BCUT2D eigenvalue weighted by atomic mass is 16.7. The minimum atomic E-state index is -0.709.